The highest BCUT2D eigenvalue weighted by Gasteiger charge is 2.18. The number of amides is 2. The zero-order valence-corrected chi connectivity index (χ0v) is 15.2. The van der Waals surface area contributed by atoms with Crippen molar-refractivity contribution in [3.63, 3.8) is 0 Å². The van der Waals surface area contributed by atoms with Crippen LogP contribution in [0.3, 0.4) is 0 Å². The number of carbonyl (C=O) groups excluding carboxylic acids is 2. The minimum Gasteiger partial charge on any atom is -0.344 e. The summed E-state index contributed by atoms with van der Waals surface area (Å²) in [5.41, 5.74) is 0.612. The summed E-state index contributed by atoms with van der Waals surface area (Å²) in [6, 6.07) is 0. The van der Waals surface area contributed by atoms with Gasteiger partial charge in [0.05, 0.1) is 11.4 Å². The zero-order chi connectivity index (χ0) is 17.1. The molecular formula is C13H18N6O2S2. The van der Waals surface area contributed by atoms with E-state index in [-0.39, 0.29) is 17.6 Å². The number of carbonyl (C=O) groups is 2. The lowest BCUT2D eigenvalue weighted by atomic mass is 10.3. The molecule has 23 heavy (non-hydrogen) atoms. The summed E-state index contributed by atoms with van der Waals surface area (Å²) < 4.78 is 1.82. The zero-order valence-electron chi connectivity index (χ0n) is 13.6. The highest BCUT2D eigenvalue weighted by Crippen LogP contribution is 2.24. The first-order valence-electron chi connectivity index (χ1n) is 6.77. The van der Waals surface area contributed by atoms with Crippen LogP contribution in [0.4, 0.5) is 5.13 Å². The van der Waals surface area contributed by atoms with Crippen molar-refractivity contribution in [3.8, 4) is 0 Å². The molecule has 0 bridgehead atoms. The Balaban J connectivity index is 1.97. The molecule has 0 radical (unpaired) electrons. The van der Waals surface area contributed by atoms with Crippen molar-refractivity contribution in [1.29, 1.82) is 0 Å². The molecule has 0 spiro atoms. The summed E-state index contributed by atoms with van der Waals surface area (Å²) in [4.78, 5) is 30.2. The van der Waals surface area contributed by atoms with Crippen molar-refractivity contribution >= 4 is 40.0 Å². The SMILES string of the molecule is Cc1nc(NC(=O)CSc2nnc(C)n2C)sc1C(=O)N(C)C. The van der Waals surface area contributed by atoms with Crippen molar-refractivity contribution in [2.24, 2.45) is 7.05 Å². The molecule has 0 aliphatic carbocycles. The lowest BCUT2D eigenvalue weighted by Gasteiger charge is -2.07. The number of aromatic nitrogens is 4. The second-order valence-electron chi connectivity index (χ2n) is 5.06. The van der Waals surface area contributed by atoms with Gasteiger partial charge in [-0.15, -0.1) is 10.2 Å². The maximum Gasteiger partial charge on any atom is 0.265 e. The van der Waals surface area contributed by atoms with E-state index in [0.717, 1.165) is 5.82 Å². The van der Waals surface area contributed by atoms with Crippen molar-refractivity contribution < 1.29 is 9.59 Å². The van der Waals surface area contributed by atoms with Crippen LogP contribution in [0.2, 0.25) is 0 Å². The molecule has 0 aliphatic rings. The summed E-state index contributed by atoms with van der Waals surface area (Å²) >= 11 is 2.47. The van der Waals surface area contributed by atoms with E-state index in [0.29, 0.717) is 20.9 Å². The van der Waals surface area contributed by atoms with Crippen LogP contribution in [0.5, 0.6) is 0 Å². The van der Waals surface area contributed by atoms with Crippen LogP contribution in [0, 0.1) is 13.8 Å². The van der Waals surface area contributed by atoms with E-state index in [4.69, 9.17) is 0 Å². The largest absolute Gasteiger partial charge is 0.344 e. The fraction of sp³-hybridized carbons (Fsp3) is 0.462. The van der Waals surface area contributed by atoms with Gasteiger partial charge in [-0.2, -0.15) is 0 Å². The number of nitrogens with one attached hydrogen (secondary N) is 1. The van der Waals surface area contributed by atoms with Gasteiger partial charge in [0.2, 0.25) is 5.91 Å². The number of aryl methyl sites for hydroxylation is 2. The smallest absolute Gasteiger partial charge is 0.265 e. The second-order valence-corrected chi connectivity index (χ2v) is 7.00. The fourth-order valence-corrected chi connectivity index (χ4v) is 3.41. The van der Waals surface area contributed by atoms with E-state index in [1.165, 1.54) is 28.0 Å². The van der Waals surface area contributed by atoms with Gasteiger partial charge in [-0.1, -0.05) is 23.1 Å². The fourth-order valence-electron chi connectivity index (χ4n) is 1.65. The summed E-state index contributed by atoms with van der Waals surface area (Å²) in [5, 5.41) is 11.7. The van der Waals surface area contributed by atoms with E-state index in [9.17, 15) is 9.59 Å². The Morgan fingerprint density at radius 1 is 1.30 bits per heavy atom. The van der Waals surface area contributed by atoms with E-state index in [1.54, 1.807) is 21.0 Å². The molecule has 2 amide bonds. The van der Waals surface area contributed by atoms with Gasteiger partial charge in [-0.25, -0.2) is 4.98 Å². The monoisotopic (exact) mass is 354 g/mol. The predicted octanol–water partition coefficient (Wildman–Crippen LogP) is 1.32. The predicted molar refractivity (Wildman–Crippen MR) is 90.0 cm³/mol. The molecule has 2 rings (SSSR count). The maximum absolute atomic E-state index is 12.0. The average Bonchev–Trinajstić information content (AvgIpc) is 3.00. The Labute approximate surface area is 142 Å². The third-order valence-electron chi connectivity index (χ3n) is 3.03. The first-order chi connectivity index (χ1) is 10.8. The molecule has 0 aromatic carbocycles. The highest BCUT2D eigenvalue weighted by molar-refractivity contribution is 7.99. The van der Waals surface area contributed by atoms with E-state index < -0.39 is 0 Å². The molecule has 2 heterocycles. The average molecular weight is 354 g/mol. The quantitative estimate of drug-likeness (QED) is 0.814. The molecule has 0 saturated heterocycles. The van der Waals surface area contributed by atoms with Gasteiger partial charge in [-0.05, 0) is 13.8 Å². The van der Waals surface area contributed by atoms with Crippen molar-refractivity contribution in [2.45, 2.75) is 19.0 Å². The Kier molecular flexibility index (Phi) is 5.37. The number of thiazole rings is 1. The summed E-state index contributed by atoms with van der Waals surface area (Å²) in [5.74, 6) is 0.662. The van der Waals surface area contributed by atoms with Crippen LogP contribution >= 0.6 is 23.1 Å². The third kappa shape index (κ3) is 4.08. The molecule has 1 N–H and O–H groups in total. The first-order valence-corrected chi connectivity index (χ1v) is 8.57. The van der Waals surface area contributed by atoms with Gasteiger partial charge in [0.1, 0.15) is 10.7 Å². The van der Waals surface area contributed by atoms with Gasteiger partial charge < -0.3 is 14.8 Å². The van der Waals surface area contributed by atoms with Crippen LogP contribution in [0.25, 0.3) is 0 Å². The van der Waals surface area contributed by atoms with Crippen LogP contribution in [-0.4, -0.2) is 56.3 Å². The molecule has 0 aliphatic heterocycles. The van der Waals surface area contributed by atoms with Gasteiger partial charge in [0, 0.05) is 21.1 Å². The number of hydrogen-bond acceptors (Lipinski definition) is 7. The van der Waals surface area contributed by atoms with Crippen LogP contribution in [0.1, 0.15) is 21.2 Å². The number of nitrogens with zero attached hydrogens (tertiary/aromatic N) is 5. The Morgan fingerprint density at radius 3 is 2.57 bits per heavy atom. The molecule has 2 aromatic rings. The van der Waals surface area contributed by atoms with Gasteiger partial charge in [-0.3, -0.25) is 9.59 Å². The molecule has 0 atom stereocenters. The topological polar surface area (TPSA) is 93.0 Å². The Hall–Kier alpha value is -1.94. The number of hydrogen-bond donors (Lipinski definition) is 1. The van der Waals surface area contributed by atoms with Gasteiger partial charge in [0.15, 0.2) is 10.3 Å². The molecule has 0 fully saturated rings. The molecular weight excluding hydrogens is 336 g/mol. The first kappa shape index (κ1) is 17.4. The van der Waals surface area contributed by atoms with Gasteiger partial charge in [0.25, 0.3) is 5.91 Å². The highest BCUT2D eigenvalue weighted by atomic mass is 32.2. The molecule has 0 unspecified atom stereocenters. The van der Waals surface area contributed by atoms with E-state index in [2.05, 4.69) is 20.5 Å². The van der Waals surface area contributed by atoms with Crippen molar-refractivity contribution in [3.05, 3.63) is 16.4 Å². The molecule has 124 valence electrons. The number of thioether (sulfide) groups is 1. The van der Waals surface area contributed by atoms with Crippen LogP contribution in [-0.2, 0) is 11.8 Å². The van der Waals surface area contributed by atoms with E-state index in [1.807, 2.05) is 18.5 Å². The lowest BCUT2D eigenvalue weighted by molar-refractivity contribution is -0.113. The number of anilines is 1. The minimum atomic E-state index is -0.201. The molecule has 8 nitrogen and oxygen atoms in total. The second kappa shape index (κ2) is 7.09. The maximum atomic E-state index is 12.0. The van der Waals surface area contributed by atoms with Crippen LogP contribution in [0.15, 0.2) is 5.16 Å². The van der Waals surface area contributed by atoms with Crippen LogP contribution < -0.4 is 5.32 Å². The van der Waals surface area contributed by atoms with E-state index >= 15 is 0 Å². The summed E-state index contributed by atoms with van der Waals surface area (Å²) in [6.45, 7) is 3.60. The van der Waals surface area contributed by atoms with Crippen molar-refractivity contribution in [1.82, 2.24) is 24.6 Å². The number of rotatable bonds is 5. The Bertz CT molecular complexity index is 737. The summed E-state index contributed by atoms with van der Waals surface area (Å²) in [6.07, 6.45) is 0. The third-order valence-corrected chi connectivity index (χ3v) is 5.11. The molecule has 0 saturated carbocycles. The molecule has 2 aromatic heterocycles. The Morgan fingerprint density at radius 2 is 2.00 bits per heavy atom. The normalized spacial score (nSPS) is 10.7. The standard InChI is InChI=1S/C13H18N6O2S2/c1-7-10(11(21)18(3)4)23-12(14-7)15-9(20)6-22-13-17-16-8(2)19(13)5/h6H2,1-5H3,(H,14,15,20). The molecule has 10 heteroatoms. The minimum absolute atomic E-state index is 0.121. The summed E-state index contributed by atoms with van der Waals surface area (Å²) in [7, 11) is 5.21. The van der Waals surface area contributed by atoms with Crippen molar-refractivity contribution in [2.75, 3.05) is 25.2 Å². The van der Waals surface area contributed by atoms with Gasteiger partial charge >= 0.3 is 0 Å². The lowest BCUT2D eigenvalue weighted by Crippen LogP contribution is -2.21.